The van der Waals surface area contributed by atoms with Gasteiger partial charge < -0.3 is 5.73 Å². The van der Waals surface area contributed by atoms with Crippen LogP contribution in [-0.2, 0) is 19.0 Å². The molecule has 2 rings (SSSR count). The van der Waals surface area contributed by atoms with E-state index >= 15 is 0 Å². The average Bonchev–Trinajstić information content (AvgIpc) is 2.72. The van der Waals surface area contributed by atoms with Gasteiger partial charge in [-0.05, 0) is 18.2 Å². The van der Waals surface area contributed by atoms with E-state index < -0.39 is 11.7 Å². The molecule has 0 amide bonds. The zero-order chi connectivity index (χ0) is 14.0. The maximum atomic E-state index is 12.5. The summed E-state index contributed by atoms with van der Waals surface area (Å²) in [5, 5.41) is 7.66. The summed E-state index contributed by atoms with van der Waals surface area (Å²) < 4.78 is 39.0. The van der Waals surface area contributed by atoms with E-state index in [9.17, 15) is 13.2 Å². The van der Waals surface area contributed by atoms with Crippen LogP contribution < -0.4 is 5.73 Å². The fraction of sp³-hybridized carbons (Fsp3) is 0.273. The van der Waals surface area contributed by atoms with Gasteiger partial charge in [0.2, 0.25) is 0 Å². The van der Waals surface area contributed by atoms with Crippen molar-refractivity contribution in [3.8, 4) is 0 Å². The van der Waals surface area contributed by atoms with Crippen molar-refractivity contribution in [1.29, 1.82) is 0 Å². The van der Waals surface area contributed by atoms with Gasteiger partial charge in [0.15, 0.2) is 0 Å². The van der Waals surface area contributed by atoms with E-state index in [0.717, 1.165) is 17.8 Å². The molecule has 0 aliphatic rings. The summed E-state index contributed by atoms with van der Waals surface area (Å²) in [5.74, 6) is 0.503. The quantitative estimate of drug-likeness (QED) is 0.697. The lowest BCUT2D eigenvalue weighted by molar-refractivity contribution is -0.137. The van der Waals surface area contributed by atoms with Gasteiger partial charge in [-0.15, -0.1) is 16.9 Å². The third-order valence-electron chi connectivity index (χ3n) is 2.36. The van der Waals surface area contributed by atoms with Gasteiger partial charge in [-0.25, -0.2) is 0 Å². The Bertz CT molecular complexity index is 580. The monoisotopic (exact) mass is 288 g/mol. The van der Waals surface area contributed by atoms with Gasteiger partial charge >= 0.3 is 6.18 Å². The minimum atomic E-state index is -4.37. The standard InChI is InChI=1S/C11H11F3N4S/c1-18-5-8(16-17-18)6-19-10-3-2-7(4-9(10)15)11(12,13)14/h2-5H,6,15H2,1H3. The molecule has 0 fully saturated rings. The van der Waals surface area contributed by atoms with Crippen molar-refractivity contribution >= 4 is 17.4 Å². The van der Waals surface area contributed by atoms with Crippen molar-refractivity contribution in [3.05, 3.63) is 35.7 Å². The lowest BCUT2D eigenvalue weighted by Crippen LogP contribution is -2.05. The Morgan fingerprint density at radius 2 is 2.11 bits per heavy atom. The third kappa shape index (κ3) is 3.40. The highest BCUT2D eigenvalue weighted by atomic mass is 32.2. The van der Waals surface area contributed by atoms with E-state index in [-0.39, 0.29) is 5.69 Å². The second-order valence-electron chi connectivity index (χ2n) is 3.92. The fourth-order valence-corrected chi connectivity index (χ4v) is 2.29. The van der Waals surface area contributed by atoms with Crippen LogP contribution in [0.1, 0.15) is 11.3 Å². The summed E-state index contributed by atoms with van der Waals surface area (Å²) in [7, 11) is 1.74. The molecule has 8 heteroatoms. The van der Waals surface area contributed by atoms with Crippen molar-refractivity contribution in [1.82, 2.24) is 15.0 Å². The summed E-state index contributed by atoms with van der Waals surface area (Å²) in [5.41, 5.74) is 5.74. The van der Waals surface area contributed by atoms with Crippen LogP contribution in [0.3, 0.4) is 0 Å². The number of hydrogen-bond acceptors (Lipinski definition) is 4. The van der Waals surface area contributed by atoms with Crippen molar-refractivity contribution in [2.24, 2.45) is 7.05 Å². The molecule has 1 aromatic carbocycles. The Kier molecular flexibility index (Phi) is 3.70. The summed E-state index contributed by atoms with van der Waals surface area (Å²) in [6, 6.07) is 3.34. The molecule has 0 radical (unpaired) electrons. The first-order valence-electron chi connectivity index (χ1n) is 5.31. The largest absolute Gasteiger partial charge is 0.416 e. The number of anilines is 1. The van der Waals surface area contributed by atoms with E-state index in [1.54, 1.807) is 17.9 Å². The highest BCUT2D eigenvalue weighted by Crippen LogP contribution is 2.34. The maximum Gasteiger partial charge on any atom is 0.416 e. The third-order valence-corrected chi connectivity index (χ3v) is 3.49. The Morgan fingerprint density at radius 3 is 2.63 bits per heavy atom. The predicted molar refractivity (Wildman–Crippen MR) is 66.4 cm³/mol. The van der Waals surface area contributed by atoms with Crippen LogP contribution in [0.4, 0.5) is 18.9 Å². The van der Waals surface area contributed by atoms with E-state index in [0.29, 0.717) is 10.6 Å². The molecule has 0 aliphatic heterocycles. The molecule has 0 saturated carbocycles. The second kappa shape index (κ2) is 5.12. The van der Waals surface area contributed by atoms with Gasteiger partial charge in [-0.2, -0.15) is 13.2 Å². The van der Waals surface area contributed by atoms with Crippen LogP contribution in [0.25, 0.3) is 0 Å². The lowest BCUT2D eigenvalue weighted by atomic mass is 10.2. The number of hydrogen-bond donors (Lipinski definition) is 1. The number of nitrogen functional groups attached to an aromatic ring is 1. The van der Waals surface area contributed by atoms with Gasteiger partial charge in [-0.3, -0.25) is 4.68 Å². The summed E-state index contributed by atoms with van der Waals surface area (Å²) in [6.45, 7) is 0. The number of nitrogens with zero attached hydrogens (tertiary/aromatic N) is 3. The maximum absolute atomic E-state index is 12.5. The molecule has 0 unspecified atom stereocenters. The summed E-state index contributed by atoms with van der Waals surface area (Å²) >= 11 is 1.32. The molecule has 0 atom stereocenters. The van der Waals surface area contributed by atoms with Crippen LogP contribution in [0.5, 0.6) is 0 Å². The first kappa shape index (κ1) is 13.7. The second-order valence-corrected chi connectivity index (χ2v) is 4.94. The fourth-order valence-electron chi connectivity index (χ4n) is 1.47. The minimum absolute atomic E-state index is 0.115. The zero-order valence-corrected chi connectivity index (χ0v) is 10.8. The molecule has 0 spiro atoms. The normalized spacial score (nSPS) is 11.8. The molecule has 0 saturated heterocycles. The molecule has 1 heterocycles. The van der Waals surface area contributed by atoms with Crippen molar-refractivity contribution in [3.63, 3.8) is 0 Å². The molecular formula is C11H11F3N4S. The Hall–Kier alpha value is -1.70. The van der Waals surface area contributed by atoms with E-state index in [1.807, 2.05) is 0 Å². The van der Waals surface area contributed by atoms with Crippen LogP contribution >= 0.6 is 11.8 Å². The molecule has 1 aromatic heterocycles. The molecule has 0 bridgehead atoms. The Morgan fingerprint density at radius 1 is 1.37 bits per heavy atom. The number of nitrogens with two attached hydrogens (primary N) is 1. The van der Waals surface area contributed by atoms with E-state index in [2.05, 4.69) is 10.3 Å². The first-order valence-corrected chi connectivity index (χ1v) is 6.29. The Balaban J connectivity index is 2.09. The molecule has 4 nitrogen and oxygen atoms in total. The molecule has 2 N–H and O–H groups in total. The van der Waals surface area contributed by atoms with Gasteiger partial charge in [0, 0.05) is 29.6 Å². The Labute approximate surface area is 111 Å². The van der Waals surface area contributed by atoms with Crippen molar-refractivity contribution in [2.75, 3.05) is 5.73 Å². The highest BCUT2D eigenvalue weighted by molar-refractivity contribution is 7.98. The van der Waals surface area contributed by atoms with Gasteiger partial charge in [0.1, 0.15) is 0 Å². The SMILES string of the molecule is Cn1cc(CSc2ccc(C(F)(F)F)cc2N)nn1. The number of aromatic nitrogens is 3. The number of rotatable bonds is 3. The molecule has 102 valence electrons. The van der Waals surface area contributed by atoms with E-state index in [4.69, 9.17) is 5.73 Å². The smallest absolute Gasteiger partial charge is 0.398 e. The molecular weight excluding hydrogens is 277 g/mol. The predicted octanol–water partition coefficient (Wildman–Crippen LogP) is 2.71. The number of aryl methyl sites for hydroxylation is 1. The lowest BCUT2D eigenvalue weighted by Gasteiger charge is -2.10. The number of alkyl halides is 3. The zero-order valence-electron chi connectivity index (χ0n) is 9.98. The topological polar surface area (TPSA) is 56.7 Å². The highest BCUT2D eigenvalue weighted by Gasteiger charge is 2.30. The minimum Gasteiger partial charge on any atom is -0.398 e. The van der Waals surface area contributed by atoms with Gasteiger partial charge in [-0.1, -0.05) is 5.21 Å². The van der Waals surface area contributed by atoms with Crippen LogP contribution in [0.2, 0.25) is 0 Å². The molecule has 2 aromatic rings. The number of benzene rings is 1. The van der Waals surface area contributed by atoms with Gasteiger partial charge in [0.25, 0.3) is 0 Å². The molecule has 19 heavy (non-hydrogen) atoms. The number of thioether (sulfide) groups is 1. The summed E-state index contributed by atoms with van der Waals surface area (Å²) in [6.07, 6.45) is -2.63. The van der Waals surface area contributed by atoms with Crippen molar-refractivity contribution < 1.29 is 13.2 Å². The average molecular weight is 288 g/mol. The van der Waals surface area contributed by atoms with Gasteiger partial charge in [0.05, 0.1) is 11.3 Å². The van der Waals surface area contributed by atoms with Crippen LogP contribution in [0.15, 0.2) is 29.3 Å². The van der Waals surface area contributed by atoms with Crippen LogP contribution in [-0.4, -0.2) is 15.0 Å². The van der Waals surface area contributed by atoms with Crippen LogP contribution in [0, 0.1) is 0 Å². The van der Waals surface area contributed by atoms with Crippen molar-refractivity contribution in [2.45, 2.75) is 16.8 Å². The van der Waals surface area contributed by atoms with E-state index in [1.165, 1.54) is 17.8 Å². The summed E-state index contributed by atoms with van der Waals surface area (Å²) in [4.78, 5) is 0.596. The number of halogens is 3. The first-order chi connectivity index (χ1) is 8.86. The molecule has 0 aliphatic carbocycles.